The van der Waals surface area contributed by atoms with Crippen LogP contribution in [0.1, 0.15) is 12.8 Å². The van der Waals surface area contributed by atoms with Crippen molar-refractivity contribution in [2.75, 3.05) is 19.8 Å². The van der Waals surface area contributed by atoms with Gasteiger partial charge in [0.05, 0.1) is 6.61 Å². The first-order valence-electron chi connectivity index (χ1n) is 5.12. The number of hydrogen-bond acceptors (Lipinski definition) is 2. The van der Waals surface area contributed by atoms with Gasteiger partial charge in [0, 0.05) is 13.2 Å². The first kappa shape index (κ1) is 9.53. The van der Waals surface area contributed by atoms with Crippen LogP contribution < -0.4 is 4.74 Å². The second-order valence-corrected chi connectivity index (χ2v) is 3.61. The van der Waals surface area contributed by atoms with Crippen LogP contribution in [0.25, 0.3) is 0 Å². The summed E-state index contributed by atoms with van der Waals surface area (Å²) < 4.78 is 10.9. The number of ether oxygens (including phenoxy) is 2. The molecule has 0 atom stereocenters. The molecule has 0 saturated carbocycles. The lowest BCUT2D eigenvalue weighted by molar-refractivity contribution is 0.0497. The minimum Gasteiger partial charge on any atom is -0.493 e. The maximum Gasteiger partial charge on any atom is 0.119 e. The van der Waals surface area contributed by atoms with Crippen LogP contribution >= 0.6 is 0 Å². The van der Waals surface area contributed by atoms with Crippen LogP contribution in [0.3, 0.4) is 0 Å². The number of benzene rings is 1. The highest BCUT2D eigenvalue weighted by Gasteiger charge is 2.13. The summed E-state index contributed by atoms with van der Waals surface area (Å²) in [5.74, 6) is 1.57. The summed E-state index contributed by atoms with van der Waals surface area (Å²) in [6.45, 7) is 2.57. The van der Waals surface area contributed by atoms with Gasteiger partial charge in [-0.3, -0.25) is 0 Å². The van der Waals surface area contributed by atoms with E-state index in [0.717, 1.165) is 38.4 Å². The average molecular weight is 191 g/mol. The molecule has 0 N–H and O–H groups in total. The first-order valence-corrected chi connectivity index (χ1v) is 5.12. The van der Waals surface area contributed by atoms with Gasteiger partial charge < -0.3 is 9.47 Å². The van der Waals surface area contributed by atoms with E-state index in [9.17, 15) is 0 Å². The molecule has 0 aliphatic carbocycles. The van der Waals surface area contributed by atoms with Gasteiger partial charge in [-0.1, -0.05) is 12.1 Å². The fourth-order valence-electron chi connectivity index (χ4n) is 1.59. The van der Waals surface area contributed by atoms with Crippen LogP contribution in [-0.2, 0) is 4.74 Å². The molecular formula is C12H15O2. The Kier molecular flexibility index (Phi) is 3.41. The van der Waals surface area contributed by atoms with Crippen LogP contribution in [0.15, 0.2) is 24.3 Å². The first-order chi connectivity index (χ1) is 6.95. The highest BCUT2D eigenvalue weighted by Crippen LogP contribution is 2.17. The third-order valence-electron chi connectivity index (χ3n) is 2.51. The zero-order chi connectivity index (χ0) is 9.64. The highest BCUT2D eigenvalue weighted by molar-refractivity contribution is 5.19. The number of hydrogen-bond donors (Lipinski definition) is 0. The Morgan fingerprint density at radius 2 is 2.29 bits per heavy atom. The molecule has 0 unspecified atom stereocenters. The molecule has 0 spiro atoms. The van der Waals surface area contributed by atoms with Crippen LogP contribution in [0, 0.1) is 12.0 Å². The molecule has 75 valence electrons. The fraction of sp³-hybridized carbons (Fsp3) is 0.500. The second-order valence-electron chi connectivity index (χ2n) is 3.61. The summed E-state index contributed by atoms with van der Waals surface area (Å²) >= 11 is 0. The normalized spacial score (nSPS) is 18.0. The Morgan fingerprint density at radius 3 is 3.00 bits per heavy atom. The van der Waals surface area contributed by atoms with Crippen molar-refractivity contribution in [2.45, 2.75) is 12.8 Å². The fourth-order valence-corrected chi connectivity index (χ4v) is 1.59. The van der Waals surface area contributed by atoms with Crippen LogP contribution in [0.5, 0.6) is 5.75 Å². The number of rotatable bonds is 3. The Balaban J connectivity index is 1.76. The van der Waals surface area contributed by atoms with Gasteiger partial charge in [-0.15, -0.1) is 0 Å². The van der Waals surface area contributed by atoms with Crippen LogP contribution in [0.4, 0.5) is 0 Å². The van der Waals surface area contributed by atoms with E-state index in [1.165, 1.54) is 0 Å². The molecule has 1 aliphatic rings. The Morgan fingerprint density at radius 1 is 1.43 bits per heavy atom. The molecule has 2 heteroatoms. The van der Waals surface area contributed by atoms with Crippen molar-refractivity contribution in [1.29, 1.82) is 0 Å². The predicted molar refractivity (Wildman–Crippen MR) is 54.3 cm³/mol. The summed E-state index contributed by atoms with van der Waals surface area (Å²) in [5, 5.41) is 0. The van der Waals surface area contributed by atoms with Crippen molar-refractivity contribution >= 4 is 0 Å². The summed E-state index contributed by atoms with van der Waals surface area (Å²) in [6.07, 6.45) is 2.24. The molecule has 0 aromatic heterocycles. The molecule has 1 fully saturated rings. The van der Waals surface area contributed by atoms with E-state index in [-0.39, 0.29) is 0 Å². The van der Waals surface area contributed by atoms with Crippen molar-refractivity contribution in [3.63, 3.8) is 0 Å². The van der Waals surface area contributed by atoms with E-state index in [1.54, 1.807) is 0 Å². The lowest BCUT2D eigenvalue weighted by atomic mass is 10.0. The van der Waals surface area contributed by atoms with Crippen molar-refractivity contribution in [3.8, 4) is 5.75 Å². The van der Waals surface area contributed by atoms with Crippen molar-refractivity contribution in [1.82, 2.24) is 0 Å². The quantitative estimate of drug-likeness (QED) is 0.729. The van der Waals surface area contributed by atoms with E-state index < -0.39 is 0 Å². The molecule has 14 heavy (non-hydrogen) atoms. The molecule has 1 aromatic carbocycles. The van der Waals surface area contributed by atoms with Gasteiger partial charge in [0.1, 0.15) is 5.75 Å². The molecule has 1 saturated heterocycles. The maximum absolute atomic E-state index is 5.66. The molecule has 1 aromatic rings. The van der Waals surface area contributed by atoms with Crippen molar-refractivity contribution < 1.29 is 9.47 Å². The van der Waals surface area contributed by atoms with E-state index in [2.05, 4.69) is 6.07 Å². The lowest BCUT2D eigenvalue weighted by Gasteiger charge is -2.21. The Hall–Kier alpha value is -1.02. The van der Waals surface area contributed by atoms with Crippen LogP contribution in [-0.4, -0.2) is 19.8 Å². The third kappa shape index (κ3) is 2.74. The van der Waals surface area contributed by atoms with Crippen molar-refractivity contribution in [2.24, 2.45) is 5.92 Å². The highest BCUT2D eigenvalue weighted by atomic mass is 16.5. The standard InChI is InChI=1S/C12H15O2/c1-2-4-12(5-3-1)14-10-11-6-8-13-9-7-11/h1-2,4-5,11H,6-10H2. The van der Waals surface area contributed by atoms with Crippen molar-refractivity contribution in [3.05, 3.63) is 30.3 Å². The zero-order valence-electron chi connectivity index (χ0n) is 8.24. The Labute approximate surface area is 84.8 Å². The van der Waals surface area contributed by atoms with Crippen LogP contribution in [0.2, 0.25) is 0 Å². The summed E-state index contributed by atoms with van der Waals surface area (Å²) in [4.78, 5) is 0. The zero-order valence-corrected chi connectivity index (χ0v) is 8.24. The van der Waals surface area contributed by atoms with Gasteiger partial charge >= 0.3 is 0 Å². The van der Waals surface area contributed by atoms with E-state index in [1.807, 2.05) is 24.3 Å². The average Bonchev–Trinajstić information content (AvgIpc) is 2.29. The third-order valence-corrected chi connectivity index (χ3v) is 2.51. The molecule has 0 amide bonds. The van der Waals surface area contributed by atoms with Gasteiger partial charge in [0.15, 0.2) is 0 Å². The lowest BCUT2D eigenvalue weighted by Crippen LogP contribution is -2.21. The summed E-state index contributed by atoms with van der Waals surface area (Å²) in [6, 6.07) is 10.7. The molecule has 1 heterocycles. The van der Waals surface area contributed by atoms with Gasteiger partial charge in [0.25, 0.3) is 0 Å². The molecular weight excluding hydrogens is 176 g/mol. The second kappa shape index (κ2) is 5.01. The van der Waals surface area contributed by atoms with Gasteiger partial charge in [0.2, 0.25) is 0 Å². The largest absolute Gasteiger partial charge is 0.493 e. The maximum atomic E-state index is 5.66. The van der Waals surface area contributed by atoms with E-state index >= 15 is 0 Å². The molecule has 2 rings (SSSR count). The minimum absolute atomic E-state index is 0.656. The summed E-state index contributed by atoms with van der Waals surface area (Å²) in [5.41, 5.74) is 0. The molecule has 2 nitrogen and oxygen atoms in total. The molecule has 1 aliphatic heterocycles. The van der Waals surface area contributed by atoms with Gasteiger partial charge in [-0.25, -0.2) is 0 Å². The summed E-state index contributed by atoms with van der Waals surface area (Å²) in [7, 11) is 0. The van der Waals surface area contributed by atoms with Gasteiger partial charge in [-0.05, 0) is 37.0 Å². The molecule has 1 radical (unpaired) electrons. The monoisotopic (exact) mass is 191 g/mol. The minimum atomic E-state index is 0.656. The Bertz CT molecular complexity index is 252. The SMILES string of the molecule is [c]1cccc(OCC2CCOCC2)c1. The molecule has 0 bridgehead atoms. The van der Waals surface area contributed by atoms with Gasteiger partial charge in [-0.2, -0.15) is 0 Å². The van der Waals surface area contributed by atoms with E-state index in [4.69, 9.17) is 9.47 Å². The van der Waals surface area contributed by atoms with E-state index in [0.29, 0.717) is 5.92 Å². The topological polar surface area (TPSA) is 18.5 Å². The predicted octanol–water partition coefficient (Wildman–Crippen LogP) is 2.29. The smallest absolute Gasteiger partial charge is 0.119 e.